The van der Waals surface area contributed by atoms with Crippen LogP contribution in [0.25, 0.3) is 0 Å². The van der Waals surface area contributed by atoms with Crippen LogP contribution in [0.2, 0.25) is 5.02 Å². The van der Waals surface area contributed by atoms with Gasteiger partial charge in [-0.15, -0.1) is 0 Å². The highest BCUT2D eigenvalue weighted by molar-refractivity contribution is 6.31. The van der Waals surface area contributed by atoms with Crippen LogP contribution in [0.1, 0.15) is 31.9 Å². The van der Waals surface area contributed by atoms with Crippen molar-refractivity contribution in [2.75, 3.05) is 0 Å². The van der Waals surface area contributed by atoms with Gasteiger partial charge in [-0.25, -0.2) is 4.79 Å². The summed E-state index contributed by atoms with van der Waals surface area (Å²) < 4.78 is 0. The molecular formula is C13H17ClN2O3. The standard InChI is InChI=1S/C13H17ClN2O3/c1-13(2,3)16(12(17)18)8-10-6-9(7-15-19)4-5-11(10)14/h4-7,19H,8H2,1-3H3,(H,17,18). The predicted octanol–water partition coefficient (Wildman–Crippen LogP) is 3.43. The summed E-state index contributed by atoms with van der Waals surface area (Å²) in [6, 6.07) is 5.04. The van der Waals surface area contributed by atoms with Gasteiger partial charge >= 0.3 is 6.09 Å². The van der Waals surface area contributed by atoms with Gasteiger partial charge < -0.3 is 10.3 Å². The molecule has 0 heterocycles. The third-order valence-electron chi connectivity index (χ3n) is 2.65. The summed E-state index contributed by atoms with van der Waals surface area (Å²) in [5, 5.41) is 21.2. The summed E-state index contributed by atoms with van der Waals surface area (Å²) in [4.78, 5) is 12.6. The van der Waals surface area contributed by atoms with E-state index >= 15 is 0 Å². The molecule has 1 amide bonds. The number of benzene rings is 1. The van der Waals surface area contributed by atoms with E-state index in [1.54, 1.807) is 18.2 Å². The Morgan fingerprint density at radius 2 is 2.11 bits per heavy atom. The first-order valence-electron chi connectivity index (χ1n) is 5.72. The van der Waals surface area contributed by atoms with Crippen LogP contribution in [0.4, 0.5) is 4.79 Å². The third kappa shape index (κ3) is 4.13. The molecule has 0 saturated carbocycles. The van der Waals surface area contributed by atoms with E-state index < -0.39 is 11.6 Å². The van der Waals surface area contributed by atoms with Crippen LogP contribution >= 0.6 is 11.6 Å². The summed E-state index contributed by atoms with van der Waals surface area (Å²) >= 11 is 6.07. The quantitative estimate of drug-likeness (QED) is 0.507. The minimum absolute atomic E-state index is 0.171. The molecule has 0 atom stereocenters. The normalized spacial score (nSPS) is 11.8. The van der Waals surface area contributed by atoms with E-state index in [9.17, 15) is 9.90 Å². The van der Waals surface area contributed by atoms with Crippen LogP contribution in [0, 0.1) is 0 Å². The van der Waals surface area contributed by atoms with Gasteiger partial charge in [-0.05, 0) is 44.0 Å². The van der Waals surface area contributed by atoms with Gasteiger partial charge in [-0.3, -0.25) is 4.90 Å². The summed E-state index contributed by atoms with van der Waals surface area (Å²) in [6.45, 7) is 5.61. The second-order valence-corrected chi connectivity index (χ2v) is 5.54. The molecule has 1 rings (SSSR count). The molecule has 0 fully saturated rings. The van der Waals surface area contributed by atoms with E-state index in [-0.39, 0.29) is 6.54 Å². The van der Waals surface area contributed by atoms with Crippen molar-refractivity contribution in [3.8, 4) is 0 Å². The molecular weight excluding hydrogens is 268 g/mol. The number of halogens is 1. The molecule has 104 valence electrons. The van der Waals surface area contributed by atoms with Crippen molar-refractivity contribution in [3.63, 3.8) is 0 Å². The number of oxime groups is 1. The van der Waals surface area contributed by atoms with Crippen molar-refractivity contribution in [1.29, 1.82) is 0 Å². The maximum atomic E-state index is 11.3. The van der Waals surface area contributed by atoms with Gasteiger partial charge in [0.25, 0.3) is 0 Å². The maximum Gasteiger partial charge on any atom is 0.408 e. The van der Waals surface area contributed by atoms with Crippen LogP contribution < -0.4 is 0 Å². The number of nitrogens with zero attached hydrogens (tertiary/aromatic N) is 2. The maximum absolute atomic E-state index is 11.3. The van der Waals surface area contributed by atoms with Gasteiger partial charge in [0.2, 0.25) is 0 Å². The first-order chi connectivity index (χ1) is 8.75. The minimum atomic E-state index is -1.01. The molecule has 0 spiro atoms. The van der Waals surface area contributed by atoms with Crippen molar-refractivity contribution in [1.82, 2.24) is 4.90 Å². The van der Waals surface area contributed by atoms with E-state index in [0.29, 0.717) is 16.1 Å². The van der Waals surface area contributed by atoms with E-state index in [1.165, 1.54) is 11.1 Å². The molecule has 0 unspecified atom stereocenters. The van der Waals surface area contributed by atoms with Gasteiger partial charge in [-0.2, -0.15) is 0 Å². The van der Waals surface area contributed by atoms with Crippen LogP contribution in [-0.4, -0.2) is 33.1 Å². The molecule has 2 N–H and O–H groups in total. The summed E-state index contributed by atoms with van der Waals surface area (Å²) in [5.41, 5.74) is 0.786. The zero-order chi connectivity index (χ0) is 14.6. The Kier molecular flexibility index (Phi) is 4.78. The fourth-order valence-electron chi connectivity index (χ4n) is 1.62. The van der Waals surface area contributed by atoms with Crippen molar-refractivity contribution in [3.05, 3.63) is 34.3 Å². The molecule has 0 aromatic heterocycles. The molecule has 1 aromatic carbocycles. The van der Waals surface area contributed by atoms with Gasteiger partial charge in [-0.1, -0.05) is 22.8 Å². The fourth-order valence-corrected chi connectivity index (χ4v) is 1.80. The zero-order valence-corrected chi connectivity index (χ0v) is 11.8. The van der Waals surface area contributed by atoms with Crippen molar-refractivity contribution < 1.29 is 15.1 Å². The Balaban J connectivity index is 3.09. The molecule has 0 radical (unpaired) electrons. The Morgan fingerprint density at radius 3 is 2.58 bits per heavy atom. The molecule has 0 aliphatic heterocycles. The first kappa shape index (κ1) is 15.3. The van der Waals surface area contributed by atoms with Crippen molar-refractivity contribution in [2.24, 2.45) is 5.16 Å². The number of carbonyl (C=O) groups is 1. The van der Waals surface area contributed by atoms with Gasteiger partial charge in [0.15, 0.2) is 0 Å². The minimum Gasteiger partial charge on any atom is -0.465 e. The molecule has 0 aliphatic carbocycles. The van der Waals surface area contributed by atoms with Crippen LogP contribution in [0.5, 0.6) is 0 Å². The average Bonchev–Trinajstić information content (AvgIpc) is 2.28. The largest absolute Gasteiger partial charge is 0.465 e. The van der Waals surface area contributed by atoms with Crippen molar-refractivity contribution in [2.45, 2.75) is 32.9 Å². The molecule has 0 saturated heterocycles. The van der Waals surface area contributed by atoms with Crippen LogP contribution in [0.15, 0.2) is 23.4 Å². The van der Waals surface area contributed by atoms with E-state index in [0.717, 1.165) is 0 Å². The number of amides is 1. The molecule has 5 nitrogen and oxygen atoms in total. The molecule has 19 heavy (non-hydrogen) atoms. The van der Waals surface area contributed by atoms with Crippen LogP contribution in [0.3, 0.4) is 0 Å². The average molecular weight is 285 g/mol. The Morgan fingerprint density at radius 1 is 1.47 bits per heavy atom. The highest BCUT2D eigenvalue weighted by Crippen LogP contribution is 2.23. The zero-order valence-electron chi connectivity index (χ0n) is 11.1. The Bertz CT molecular complexity index is 495. The lowest BCUT2D eigenvalue weighted by atomic mass is 10.0. The second-order valence-electron chi connectivity index (χ2n) is 5.13. The van der Waals surface area contributed by atoms with Gasteiger partial charge in [0.05, 0.1) is 12.8 Å². The Hall–Kier alpha value is -1.75. The summed E-state index contributed by atoms with van der Waals surface area (Å²) in [6.07, 6.45) is 0.256. The highest BCUT2D eigenvalue weighted by Gasteiger charge is 2.26. The highest BCUT2D eigenvalue weighted by atomic mass is 35.5. The number of hydrogen-bond acceptors (Lipinski definition) is 3. The number of hydrogen-bond donors (Lipinski definition) is 2. The van der Waals surface area contributed by atoms with Gasteiger partial charge in [0.1, 0.15) is 0 Å². The lowest BCUT2D eigenvalue weighted by Gasteiger charge is -2.33. The lowest BCUT2D eigenvalue weighted by molar-refractivity contribution is 0.0956. The first-order valence-corrected chi connectivity index (χ1v) is 6.10. The number of carboxylic acid groups (broad SMARTS) is 1. The SMILES string of the molecule is CC(C)(C)N(Cc1cc(C=NO)ccc1Cl)C(=O)O. The van der Waals surface area contributed by atoms with Gasteiger partial charge in [0, 0.05) is 10.6 Å². The summed E-state index contributed by atoms with van der Waals surface area (Å²) in [7, 11) is 0. The molecule has 1 aromatic rings. The second kappa shape index (κ2) is 5.93. The predicted molar refractivity (Wildman–Crippen MR) is 74.2 cm³/mol. The number of rotatable bonds is 3. The smallest absolute Gasteiger partial charge is 0.408 e. The van der Waals surface area contributed by atoms with Crippen LogP contribution in [-0.2, 0) is 6.54 Å². The van der Waals surface area contributed by atoms with Crippen molar-refractivity contribution >= 4 is 23.9 Å². The fraction of sp³-hybridized carbons (Fsp3) is 0.385. The topological polar surface area (TPSA) is 73.1 Å². The molecule has 0 aliphatic rings. The summed E-state index contributed by atoms with van der Waals surface area (Å²) in [5.74, 6) is 0. The monoisotopic (exact) mass is 284 g/mol. The van der Waals surface area contributed by atoms with E-state index in [2.05, 4.69) is 5.16 Å². The Labute approximate surface area is 117 Å². The van der Waals surface area contributed by atoms with E-state index in [4.69, 9.17) is 16.8 Å². The molecule has 0 bridgehead atoms. The lowest BCUT2D eigenvalue weighted by Crippen LogP contribution is -2.44. The third-order valence-corrected chi connectivity index (χ3v) is 3.01. The van der Waals surface area contributed by atoms with E-state index in [1.807, 2.05) is 20.8 Å². The molecule has 6 heteroatoms.